The molecule has 0 fully saturated rings. The fourth-order valence-corrected chi connectivity index (χ4v) is 2.73. The second kappa shape index (κ2) is 8.10. The highest BCUT2D eigenvalue weighted by molar-refractivity contribution is 5.95. The van der Waals surface area contributed by atoms with E-state index >= 15 is 0 Å². The molecule has 6 heteroatoms. The maximum atomic E-state index is 12.4. The molecule has 0 aliphatic heterocycles. The number of ether oxygens (including phenoxy) is 1. The first-order valence-electron chi connectivity index (χ1n) is 8.87. The number of rotatable bonds is 7. The third kappa shape index (κ3) is 4.08. The molecule has 1 aromatic carbocycles. The Bertz CT molecular complexity index is 902. The number of aromatic nitrogens is 3. The summed E-state index contributed by atoms with van der Waals surface area (Å²) in [4.78, 5) is 17.0. The van der Waals surface area contributed by atoms with E-state index < -0.39 is 0 Å². The van der Waals surface area contributed by atoms with Crippen molar-refractivity contribution in [3.63, 3.8) is 0 Å². The van der Waals surface area contributed by atoms with Crippen LogP contribution in [0.4, 0.5) is 0 Å². The van der Waals surface area contributed by atoms with Crippen LogP contribution in [-0.4, -0.2) is 39.9 Å². The van der Waals surface area contributed by atoms with Gasteiger partial charge in [0, 0.05) is 18.5 Å². The molecule has 0 saturated carbocycles. The average Bonchev–Trinajstić information content (AvgIpc) is 3.02. The maximum absolute atomic E-state index is 12.4. The summed E-state index contributed by atoms with van der Waals surface area (Å²) < 4.78 is 7.17. The third-order valence-electron chi connectivity index (χ3n) is 4.11. The molecule has 0 bridgehead atoms. The molecule has 0 saturated heterocycles. The summed E-state index contributed by atoms with van der Waals surface area (Å²) in [5.41, 5.74) is 2.23. The summed E-state index contributed by atoms with van der Waals surface area (Å²) in [6.45, 7) is 7.08. The molecule has 0 unspecified atom stereocenters. The van der Waals surface area contributed by atoms with Gasteiger partial charge in [0.15, 0.2) is 5.82 Å². The first-order valence-corrected chi connectivity index (χ1v) is 8.87. The van der Waals surface area contributed by atoms with Crippen molar-refractivity contribution in [2.75, 3.05) is 13.2 Å². The summed E-state index contributed by atoms with van der Waals surface area (Å²) in [5.74, 6) is 0.574. The number of nitrogens with zero attached hydrogens (tertiary/aromatic N) is 3. The van der Waals surface area contributed by atoms with Gasteiger partial charge in [-0.05, 0) is 45.4 Å². The molecule has 136 valence electrons. The molecule has 6 nitrogen and oxygen atoms in total. The van der Waals surface area contributed by atoms with Gasteiger partial charge in [-0.25, -0.2) is 9.67 Å². The van der Waals surface area contributed by atoms with Gasteiger partial charge < -0.3 is 10.1 Å². The molecule has 0 radical (unpaired) electrons. The van der Waals surface area contributed by atoms with Crippen LogP contribution in [0.5, 0.6) is 0 Å². The number of carbonyl (C=O) groups excluding carboxylic acids is 1. The Morgan fingerprint density at radius 2 is 2.04 bits per heavy atom. The van der Waals surface area contributed by atoms with Gasteiger partial charge >= 0.3 is 0 Å². The normalized spacial score (nSPS) is 11.2. The van der Waals surface area contributed by atoms with Crippen molar-refractivity contribution in [1.82, 2.24) is 20.1 Å². The fourth-order valence-electron chi connectivity index (χ4n) is 2.73. The lowest BCUT2D eigenvalue weighted by Crippen LogP contribution is -2.26. The van der Waals surface area contributed by atoms with Crippen molar-refractivity contribution in [2.45, 2.75) is 33.3 Å². The molecule has 3 rings (SSSR count). The second-order valence-electron chi connectivity index (χ2n) is 6.45. The molecule has 0 atom stereocenters. The summed E-state index contributed by atoms with van der Waals surface area (Å²) in [7, 11) is 0. The third-order valence-corrected chi connectivity index (χ3v) is 4.11. The number of fused-ring (bicyclic) bond motifs is 1. The summed E-state index contributed by atoms with van der Waals surface area (Å²) in [6, 6.07) is 11.8. The number of nitrogens with one attached hydrogen (secondary N) is 1. The number of amides is 1. The van der Waals surface area contributed by atoms with Crippen LogP contribution in [0, 0.1) is 6.92 Å². The van der Waals surface area contributed by atoms with Gasteiger partial charge in [-0.1, -0.05) is 18.2 Å². The number of para-hydroxylation sites is 1. The van der Waals surface area contributed by atoms with E-state index in [1.165, 1.54) is 0 Å². The number of hydrogen-bond donors (Lipinski definition) is 1. The molecular formula is C20H24N4O2. The van der Waals surface area contributed by atoms with E-state index in [1.807, 2.05) is 57.2 Å². The standard InChI is InChI=1S/C20H24N4O2/c1-14(2)26-12-6-11-21-20(25)17-13-22-24(15(17)3)19-10-9-16-7-4-5-8-18(16)23-19/h4-5,7-10,13-14H,6,11-12H2,1-3H3,(H,21,25). The zero-order valence-corrected chi connectivity index (χ0v) is 15.4. The maximum Gasteiger partial charge on any atom is 0.254 e. The van der Waals surface area contributed by atoms with Crippen LogP contribution in [0.25, 0.3) is 16.7 Å². The SMILES string of the molecule is Cc1c(C(=O)NCCCOC(C)C)cnn1-c1ccc2ccccc2n1. The molecule has 2 heterocycles. The summed E-state index contributed by atoms with van der Waals surface area (Å²) in [5, 5.41) is 8.34. The van der Waals surface area contributed by atoms with E-state index in [9.17, 15) is 4.79 Å². The Balaban J connectivity index is 1.69. The summed E-state index contributed by atoms with van der Waals surface area (Å²) >= 11 is 0. The minimum Gasteiger partial charge on any atom is -0.379 e. The van der Waals surface area contributed by atoms with Crippen molar-refractivity contribution in [3.05, 3.63) is 53.9 Å². The van der Waals surface area contributed by atoms with Crippen molar-refractivity contribution in [3.8, 4) is 5.82 Å². The van der Waals surface area contributed by atoms with Crippen LogP contribution in [0.3, 0.4) is 0 Å². The highest BCUT2D eigenvalue weighted by atomic mass is 16.5. The molecule has 0 aliphatic rings. The molecular weight excluding hydrogens is 328 g/mol. The van der Waals surface area contributed by atoms with Crippen LogP contribution < -0.4 is 5.32 Å². The largest absolute Gasteiger partial charge is 0.379 e. The second-order valence-corrected chi connectivity index (χ2v) is 6.45. The Labute approximate surface area is 153 Å². The molecule has 0 spiro atoms. The van der Waals surface area contributed by atoms with E-state index in [1.54, 1.807) is 10.9 Å². The lowest BCUT2D eigenvalue weighted by molar-refractivity contribution is 0.0757. The predicted molar refractivity (Wildman–Crippen MR) is 102 cm³/mol. The highest BCUT2D eigenvalue weighted by Crippen LogP contribution is 2.17. The Morgan fingerprint density at radius 1 is 1.23 bits per heavy atom. The molecule has 0 aliphatic carbocycles. The topological polar surface area (TPSA) is 69.0 Å². The Hall–Kier alpha value is -2.73. The quantitative estimate of drug-likeness (QED) is 0.663. The van der Waals surface area contributed by atoms with E-state index in [0.29, 0.717) is 24.5 Å². The van der Waals surface area contributed by atoms with Crippen LogP contribution in [-0.2, 0) is 4.74 Å². The van der Waals surface area contributed by atoms with E-state index in [2.05, 4.69) is 15.4 Å². The van der Waals surface area contributed by atoms with Crippen LogP contribution in [0.2, 0.25) is 0 Å². The minimum absolute atomic E-state index is 0.126. The molecule has 1 N–H and O–H groups in total. The number of hydrogen-bond acceptors (Lipinski definition) is 4. The highest BCUT2D eigenvalue weighted by Gasteiger charge is 2.15. The zero-order chi connectivity index (χ0) is 18.5. The lowest BCUT2D eigenvalue weighted by Gasteiger charge is -2.08. The summed E-state index contributed by atoms with van der Waals surface area (Å²) in [6.07, 6.45) is 2.58. The van der Waals surface area contributed by atoms with Gasteiger partial charge in [0.25, 0.3) is 5.91 Å². The number of carbonyl (C=O) groups is 1. The van der Waals surface area contributed by atoms with Gasteiger partial charge in [-0.2, -0.15) is 5.10 Å². The zero-order valence-electron chi connectivity index (χ0n) is 15.4. The van der Waals surface area contributed by atoms with Crippen molar-refractivity contribution < 1.29 is 9.53 Å². The molecule has 2 aromatic heterocycles. The first kappa shape index (κ1) is 18.1. The smallest absolute Gasteiger partial charge is 0.254 e. The molecule has 3 aromatic rings. The van der Waals surface area contributed by atoms with Gasteiger partial charge in [0.1, 0.15) is 0 Å². The van der Waals surface area contributed by atoms with Crippen molar-refractivity contribution in [2.24, 2.45) is 0 Å². The fraction of sp³-hybridized carbons (Fsp3) is 0.350. The number of pyridine rings is 1. The van der Waals surface area contributed by atoms with Crippen LogP contribution in [0.1, 0.15) is 36.3 Å². The van der Waals surface area contributed by atoms with Gasteiger partial charge in [-0.3, -0.25) is 4.79 Å². The minimum atomic E-state index is -0.126. The first-order chi connectivity index (χ1) is 12.6. The van der Waals surface area contributed by atoms with Gasteiger partial charge in [0.2, 0.25) is 0 Å². The molecule has 1 amide bonds. The van der Waals surface area contributed by atoms with E-state index in [-0.39, 0.29) is 12.0 Å². The van der Waals surface area contributed by atoms with Gasteiger partial charge in [0.05, 0.1) is 29.1 Å². The van der Waals surface area contributed by atoms with Crippen molar-refractivity contribution >= 4 is 16.8 Å². The van der Waals surface area contributed by atoms with Crippen LogP contribution in [0.15, 0.2) is 42.6 Å². The van der Waals surface area contributed by atoms with E-state index in [0.717, 1.165) is 23.0 Å². The Morgan fingerprint density at radius 3 is 2.85 bits per heavy atom. The monoisotopic (exact) mass is 352 g/mol. The molecule has 26 heavy (non-hydrogen) atoms. The predicted octanol–water partition coefficient (Wildman–Crippen LogP) is 3.27. The Kier molecular flexibility index (Phi) is 5.63. The van der Waals surface area contributed by atoms with E-state index in [4.69, 9.17) is 4.74 Å². The van der Waals surface area contributed by atoms with Gasteiger partial charge in [-0.15, -0.1) is 0 Å². The number of benzene rings is 1. The average molecular weight is 352 g/mol. The van der Waals surface area contributed by atoms with Crippen LogP contribution >= 0.6 is 0 Å². The van der Waals surface area contributed by atoms with Crippen molar-refractivity contribution in [1.29, 1.82) is 0 Å². The lowest BCUT2D eigenvalue weighted by atomic mass is 10.2.